The molecule has 0 radical (unpaired) electrons. The molecule has 2 atom stereocenters. The third-order valence-electron chi connectivity index (χ3n) is 4.54. The molecule has 1 fully saturated rings. The van der Waals surface area contributed by atoms with Crippen LogP contribution in [0.2, 0.25) is 0 Å². The standard InChI is InChI=1S/C17H24N2O2/c1-2-19(12-14-6-5-9-21-14)17(20)10-13-11-18-16-8-4-3-7-15(13)16/h3-4,7-8,13-14,18H,2,5-6,9-12H2,1H3. The fraction of sp³-hybridized carbons (Fsp3) is 0.588. The van der Waals surface area contributed by atoms with Gasteiger partial charge in [0, 0.05) is 44.3 Å². The summed E-state index contributed by atoms with van der Waals surface area (Å²) in [6.45, 7) is 5.27. The largest absolute Gasteiger partial charge is 0.384 e. The maximum Gasteiger partial charge on any atom is 0.223 e. The molecule has 114 valence electrons. The van der Waals surface area contributed by atoms with Crippen molar-refractivity contribution in [2.45, 2.75) is 38.2 Å². The molecule has 1 aromatic carbocycles. The van der Waals surface area contributed by atoms with E-state index in [1.165, 1.54) is 11.3 Å². The molecule has 0 bridgehead atoms. The lowest BCUT2D eigenvalue weighted by atomic mass is 9.97. The fourth-order valence-corrected chi connectivity index (χ4v) is 3.32. The van der Waals surface area contributed by atoms with E-state index < -0.39 is 0 Å². The molecule has 0 aliphatic carbocycles. The molecule has 0 aromatic heterocycles. The van der Waals surface area contributed by atoms with Gasteiger partial charge < -0.3 is 15.0 Å². The van der Waals surface area contributed by atoms with Gasteiger partial charge in [-0.15, -0.1) is 0 Å². The Morgan fingerprint density at radius 2 is 2.29 bits per heavy atom. The number of hydrogen-bond acceptors (Lipinski definition) is 3. The number of ether oxygens (including phenoxy) is 1. The number of nitrogens with one attached hydrogen (secondary N) is 1. The number of nitrogens with zero attached hydrogens (tertiary/aromatic N) is 1. The number of benzene rings is 1. The predicted molar refractivity (Wildman–Crippen MR) is 83.5 cm³/mol. The van der Waals surface area contributed by atoms with Crippen molar-refractivity contribution >= 4 is 11.6 Å². The van der Waals surface area contributed by atoms with Crippen molar-refractivity contribution in [1.82, 2.24) is 4.90 Å². The van der Waals surface area contributed by atoms with Crippen LogP contribution in [0.1, 0.15) is 37.7 Å². The Labute approximate surface area is 126 Å². The van der Waals surface area contributed by atoms with E-state index in [2.05, 4.69) is 17.4 Å². The zero-order valence-electron chi connectivity index (χ0n) is 12.7. The molecule has 1 saturated heterocycles. The van der Waals surface area contributed by atoms with Gasteiger partial charge in [0.1, 0.15) is 0 Å². The van der Waals surface area contributed by atoms with Gasteiger partial charge in [-0.3, -0.25) is 4.79 Å². The van der Waals surface area contributed by atoms with Crippen molar-refractivity contribution in [2.24, 2.45) is 0 Å². The average molecular weight is 288 g/mol. The molecule has 4 nitrogen and oxygen atoms in total. The Balaban J connectivity index is 1.60. The Bertz CT molecular complexity index is 497. The lowest BCUT2D eigenvalue weighted by Gasteiger charge is -2.25. The minimum Gasteiger partial charge on any atom is -0.384 e. The van der Waals surface area contributed by atoms with Crippen LogP contribution < -0.4 is 5.32 Å². The van der Waals surface area contributed by atoms with Crippen LogP contribution in [0.3, 0.4) is 0 Å². The summed E-state index contributed by atoms with van der Waals surface area (Å²) in [7, 11) is 0. The molecule has 2 aliphatic heterocycles. The summed E-state index contributed by atoms with van der Waals surface area (Å²) in [6.07, 6.45) is 3.03. The molecule has 2 heterocycles. The van der Waals surface area contributed by atoms with E-state index in [-0.39, 0.29) is 12.0 Å². The Kier molecular flexibility index (Phi) is 4.44. The number of fused-ring (bicyclic) bond motifs is 1. The number of amides is 1. The maximum absolute atomic E-state index is 12.6. The monoisotopic (exact) mass is 288 g/mol. The van der Waals surface area contributed by atoms with Crippen LogP contribution in [-0.2, 0) is 9.53 Å². The van der Waals surface area contributed by atoms with Gasteiger partial charge in [0.2, 0.25) is 5.91 Å². The van der Waals surface area contributed by atoms with E-state index in [0.717, 1.165) is 39.1 Å². The number of carbonyl (C=O) groups is 1. The molecule has 1 aromatic rings. The highest BCUT2D eigenvalue weighted by molar-refractivity contribution is 5.78. The molecule has 0 spiro atoms. The van der Waals surface area contributed by atoms with Crippen LogP contribution in [0, 0.1) is 0 Å². The summed E-state index contributed by atoms with van der Waals surface area (Å²) >= 11 is 0. The molecular formula is C17H24N2O2. The lowest BCUT2D eigenvalue weighted by Crippen LogP contribution is -2.38. The van der Waals surface area contributed by atoms with Crippen molar-refractivity contribution < 1.29 is 9.53 Å². The molecule has 2 aliphatic rings. The van der Waals surface area contributed by atoms with E-state index in [0.29, 0.717) is 12.3 Å². The molecule has 21 heavy (non-hydrogen) atoms. The summed E-state index contributed by atoms with van der Waals surface area (Å²) in [4.78, 5) is 14.5. The molecule has 0 saturated carbocycles. The van der Waals surface area contributed by atoms with E-state index in [4.69, 9.17) is 4.74 Å². The normalized spacial score (nSPS) is 23.7. The van der Waals surface area contributed by atoms with Crippen molar-refractivity contribution in [3.63, 3.8) is 0 Å². The summed E-state index contributed by atoms with van der Waals surface area (Å²) in [5.41, 5.74) is 2.46. The topological polar surface area (TPSA) is 41.6 Å². The number of likely N-dealkylation sites (N-methyl/N-ethyl adjacent to an activating group) is 1. The molecule has 4 heteroatoms. The Morgan fingerprint density at radius 1 is 1.43 bits per heavy atom. The van der Waals surface area contributed by atoms with Crippen LogP contribution in [0.15, 0.2) is 24.3 Å². The summed E-state index contributed by atoms with van der Waals surface area (Å²) in [5.74, 6) is 0.545. The molecule has 3 rings (SSSR count). The smallest absolute Gasteiger partial charge is 0.223 e. The van der Waals surface area contributed by atoms with E-state index in [1.54, 1.807) is 0 Å². The highest BCUT2D eigenvalue weighted by Crippen LogP contribution is 2.33. The molecule has 2 unspecified atom stereocenters. The zero-order valence-corrected chi connectivity index (χ0v) is 12.7. The second-order valence-corrected chi connectivity index (χ2v) is 5.94. The van der Waals surface area contributed by atoms with Gasteiger partial charge in [0.15, 0.2) is 0 Å². The number of para-hydroxylation sites is 1. The summed E-state index contributed by atoms with van der Waals surface area (Å²) in [5, 5.41) is 3.39. The number of carbonyl (C=O) groups excluding carboxylic acids is 1. The van der Waals surface area contributed by atoms with Crippen molar-refractivity contribution in [3.05, 3.63) is 29.8 Å². The summed E-state index contributed by atoms with van der Waals surface area (Å²) in [6, 6.07) is 8.30. The van der Waals surface area contributed by atoms with Crippen LogP contribution in [0.25, 0.3) is 0 Å². The highest BCUT2D eigenvalue weighted by Gasteiger charge is 2.27. The van der Waals surface area contributed by atoms with E-state index in [9.17, 15) is 4.79 Å². The predicted octanol–water partition coefficient (Wildman–Crippen LogP) is 2.61. The number of rotatable bonds is 5. The number of anilines is 1. The van der Waals surface area contributed by atoms with Crippen molar-refractivity contribution in [3.8, 4) is 0 Å². The van der Waals surface area contributed by atoms with Gasteiger partial charge in [-0.05, 0) is 31.4 Å². The van der Waals surface area contributed by atoms with Crippen LogP contribution in [0.4, 0.5) is 5.69 Å². The van der Waals surface area contributed by atoms with E-state index >= 15 is 0 Å². The molecule has 1 N–H and O–H groups in total. The van der Waals surface area contributed by atoms with Crippen LogP contribution >= 0.6 is 0 Å². The number of hydrogen-bond donors (Lipinski definition) is 1. The quantitative estimate of drug-likeness (QED) is 0.905. The maximum atomic E-state index is 12.6. The van der Waals surface area contributed by atoms with E-state index in [1.807, 2.05) is 24.0 Å². The SMILES string of the molecule is CCN(CC1CCCO1)C(=O)CC1CNc2ccccc21. The van der Waals surface area contributed by atoms with Crippen molar-refractivity contribution in [2.75, 3.05) is 31.6 Å². The first-order valence-corrected chi connectivity index (χ1v) is 8.00. The average Bonchev–Trinajstić information content (AvgIpc) is 3.15. The first-order chi connectivity index (χ1) is 10.3. The van der Waals surface area contributed by atoms with Crippen LogP contribution in [0.5, 0.6) is 0 Å². The van der Waals surface area contributed by atoms with Crippen molar-refractivity contribution in [1.29, 1.82) is 0 Å². The van der Waals surface area contributed by atoms with Gasteiger partial charge in [0.05, 0.1) is 6.10 Å². The zero-order chi connectivity index (χ0) is 14.7. The second-order valence-electron chi connectivity index (χ2n) is 5.94. The molecule has 1 amide bonds. The Morgan fingerprint density at radius 3 is 3.05 bits per heavy atom. The minimum atomic E-state index is 0.239. The van der Waals surface area contributed by atoms with Gasteiger partial charge >= 0.3 is 0 Å². The molecular weight excluding hydrogens is 264 g/mol. The minimum absolute atomic E-state index is 0.239. The second kappa shape index (κ2) is 6.48. The lowest BCUT2D eigenvalue weighted by molar-refractivity contribution is -0.132. The third kappa shape index (κ3) is 3.21. The van der Waals surface area contributed by atoms with Gasteiger partial charge in [0.25, 0.3) is 0 Å². The van der Waals surface area contributed by atoms with Gasteiger partial charge in [-0.1, -0.05) is 18.2 Å². The first-order valence-electron chi connectivity index (χ1n) is 8.00. The third-order valence-corrected chi connectivity index (χ3v) is 4.54. The van der Waals surface area contributed by atoms with Gasteiger partial charge in [-0.25, -0.2) is 0 Å². The highest BCUT2D eigenvalue weighted by atomic mass is 16.5. The summed E-state index contributed by atoms with van der Waals surface area (Å²) < 4.78 is 5.66. The van der Waals surface area contributed by atoms with Crippen LogP contribution in [-0.4, -0.2) is 43.2 Å². The Hall–Kier alpha value is -1.55. The first kappa shape index (κ1) is 14.4. The fourth-order valence-electron chi connectivity index (χ4n) is 3.32. The van der Waals surface area contributed by atoms with Gasteiger partial charge in [-0.2, -0.15) is 0 Å².